The fourth-order valence-corrected chi connectivity index (χ4v) is 3.74. The van der Waals surface area contributed by atoms with Crippen LogP contribution in [0.25, 0.3) is 22.2 Å². The average Bonchev–Trinajstić information content (AvgIpc) is 3.17. The van der Waals surface area contributed by atoms with Gasteiger partial charge < -0.3 is 25.5 Å². The zero-order chi connectivity index (χ0) is 18.7. The first-order valence-corrected chi connectivity index (χ1v) is 9.44. The molecule has 0 aliphatic carbocycles. The Morgan fingerprint density at radius 2 is 1.96 bits per heavy atom. The lowest BCUT2D eigenvalue weighted by molar-refractivity contribution is 0.00595. The highest BCUT2D eigenvalue weighted by molar-refractivity contribution is 5.94. The van der Waals surface area contributed by atoms with Gasteiger partial charge in [-0.15, -0.1) is 0 Å². The lowest BCUT2D eigenvalue weighted by atomic mass is 9.84. The standard InChI is InChI=1S/C21H26N4O2/c1-27-13-12-23-19-14-18(17-6-9-24-20(17)25-19)15-2-4-16(5-3-15)21(26)7-10-22-11-8-21/h2-6,9,14,22,26H,7-8,10-13H2,1H3,(H2,23,24,25). The fraction of sp³-hybridized carbons (Fsp3) is 0.381. The van der Waals surface area contributed by atoms with Gasteiger partial charge in [-0.3, -0.25) is 0 Å². The number of rotatable bonds is 6. The maximum atomic E-state index is 10.9. The number of hydrogen-bond acceptors (Lipinski definition) is 5. The van der Waals surface area contributed by atoms with Crippen LogP contribution in [0.3, 0.4) is 0 Å². The Morgan fingerprint density at radius 3 is 2.70 bits per heavy atom. The molecule has 1 aliphatic rings. The SMILES string of the molecule is COCCNc1cc(-c2ccc(C3(O)CCNCC3)cc2)c2cc[nH]c2n1. The van der Waals surface area contributed by atoms with Gasteiger partial charge in [-0.25, -0.2) is 4.98 Å². The Kier molecular flexibility index (Phi) is 5.11. The number of nitrogens with zero attached hydrogens (tertiary/aromatic N) is 1. The van der Waals surface area contributed by atoms with Crippen LogP contribution in [0.15, 0.2) is 42.6 Å². The molecule has 1 fully saturated rings. The highest BCUT2D eigenvalue weighted by Gasteiger charge is 2.30. The third-order valence-electron chi connectivity index (χ3n) is 5.30. The largest absolute Gasteiger partial charge is 0.385 e. The van der Waals surface area contributed by atoms with E-state index in [1.807, 2.05) is 12.3 Å². The molecule has 6 heteroatoms. The molecular weight excluding hydrogens is 340 g/mol. The van der Waals surface area contributed by atoms with E-state index in [2.05, 4.69) is 50.9 Å². The topological polar surface area (TPSA) is 82.2 Å². The van der Waals surface area contributed by atoms with E-state index in [4.69, 9.17) is 4.74 Å². The van der Waals surface area contributed by atoms with Gasteiger partial charge in [0.15, 0.2) is 0 Å². The van der Waals surface area contributed by atoms with Crippen LogP contribution in [0, 0.1) is 0 Å². The minimum absolute atomic E-state index is 0.627. The number of ether oxygens (including phenoxy) is 1. The summed E-state index contributed by atoms with van der Waals surface area (Å²) in [6.07, 6.45) is 3.40. The van der Waals surface area contributed by atoms with Gasteiger partial charge in [0.05, 0.1) is 12.2 Å². The molecule has 0 radical (unpaired) electrons. The molecule has 6 nitrogen and oxygen atoms in total. The number of fused-ring (bicyclic) bond motifs is 1. The summed E-state index contributed by atoms with van der Waals surface area (Å²) in [5.41, 5.74) is 3.35. The molecule has 1 aliphatic heterocycles. The molecule has 4 rings (SSSR count). The van der Waals surface area contributed by atoms with Crippen molar-refractivity contribution in [3.8, 4) is 11.1 Å². The molecule has 0 spiro atoms. The molecule has 4 N–H and O–H groups in total. The number of nitrogens with one attached hydrogen (secondary N) is 3. The van der Waals surface area contributed by atoms with Gasteiger partial charge in [0.2, 0.25) is 0 Å². The summed E-state index contributed by atoms with van der Waals surface area (Å²) < 4.78 is 5.10. The van der Waals surface area contributed by atoms with Gasteiger partial charge in [-0.05, 0) is 54.8 Å². The molecule has 2 aromatic heterocycles. The van der Waals surface area contributed by atoms with Crippen molar-refractivity contribution in [1.29, 1.82) is 0 Å². The van der Waals surface area contributed by atoms with E-state index in [0.29, 0.717) is 13.2 Å². The first-order valence-electron chi connectivity index (χ1n) is 9.44. The Morgan fingerprint density at radius 1 is 1.19 bits per heavy atom. The van der Waals surface area contributed by atoms with Crippen molar-refractivity contribution in [2.45, 2.75) is 18.4 Å². The highest BCUT2D eigenvalue weighted by Crippen LogP contribution is 2.34. The summed E-state index contributed by atoms with van der Waals surface area (Å²) in [6.45, 7) is 3.03. The quantitative estimate of drug-likeness (QED) is 0.504. The van der Waals surface area contributed by atoms with Gasteiger partial charge in [0, 0.05) is 25.2 Å². The van der Waals surface area contributed by atoms with E-state index >= 15 is 0 Å². The number of aromatic amines is 1. The van der Waals surface area contributed by atoms with Gasteiger partial charge in [-0.2, -0.15) is 0 Å². The smallest absolute Gasteiger partial charge is 0.140 e. The van der Waals surface area contributed by atoms with E-state index in [0.717, 1.165) is 59.5 Å². The maximum absolute atomic E-state index is 10.9. The third kappa shape index (κ3) is 3.69. The second-order valence-corrected chi connectivity index (χ2v) is 7.07. The van der Waals surface area contributed by atoms with Gasteiger partial charge in [-0.1, -0.05) is 24.3 Å². The number of methoxy groups -OCH3 is 1. The van der Waals surface area contributed by atoms with Crippen molar-refractivity contribution in [3.63, 3.8) is 0 Å². The van der Waals surface area contributed by atoms with Crippen LogP contribution >= 0.6 is 0 Å². The predicted octanol–water partition coefficient (Wildman–Crippen LogP) is 2.86. The highest BCUT2D eigenvalue weighted by atomic mass is 16.5. The number of benzene rings is 1. The Bertz CT molecular complexity index is 898. The molecule has 0 saturated carbocycles. The summed E-state index contributed by atoms with van der Waals surface area (Å²) in [5.74, 6) is 0.818. The van der Waals surface area contributed by atoms with Crippen LogP contribution < -0.4 is 10.6 Å². The molecule has 0 bridgehead atoms. The molecule has 3 aromatic rings. The van der Waals surface area contributed by atoms with E-state index in [1.54, 1.807) is 7.11 Å². The van der Waals surface area contributed by atoms with E-state index in [1.165, 1.54) is 0 Å². The molecule has 0 amide bonds. The monoisotopic (exact) mass is 366 g/mol. The van der Waals surface area contributed by atoms with Crippen molar-refractivity contribution >= 4 is 16.9 Å². The number of aliphatic hydroxyl groups is 1. The summed E-state index contributed by atoms with van der Waals surface area (Å²) >= 11 is 0. The van der Waals surface area contributed by atoms with E-state index < -0.39 is 5.60 Å². The van der Waals surface area contributed by atoms with Gasteiger partial charge in [0.25, 0.3) is 0 Å². The average molecular weight is 366 g/mol. The Hall–Kier alpha value is -2.41. The first-order chi connectivity index (χ1) is 13.2. The summed E-state index contributed by atoms with van der Waals surface area (Å²) in [5, 5.41) is 18.6. The molecule has 3 heterocycles. The summed E-state index contributed by atoms with van der Waals surface area (Å²) in [7, 11) is 1.69. The Labute approximate surface area is 159 Å². The zero-order valence-corrected chi connectivity index (χ0v) is 15.6. The number of H-pyrrole nitrogens is 1. The van der Waals surface area contributed by atoms with Crippen molar-refractivity contribution in [2.24, 2.45) is 0 Å². The Balaban J connectivity index is 1.66. The minimum atomic E-state index is -0.724. The molecular formula is C21H26N4O2. The number of aromatic nitrogens is 2. The van der Waals surface area contributed by atoms with Crippen molar-refractivity contribution in [2.75, 3.05) is 38.7 Å². The van der Waals surface area contributed by atoms with Crippen LogP contribution in [0.1, 0.15) is 18.4 Å². The number of piperidine rings is 1. The number of hydrogen-bond donors (Lipinski definition) is 4. The predicted molar refractivity (Wildman–Crippen MR) is 108 cm³/mol. The lowest BCUT2D eigenvalue weighted by Crippen LogP contribution is -2.39. The lowest BCUT2D eigenvalue weighted by Gasteiger charge is -2.33. The molecule has 1 saturated heterocycles. The summed E-state index contributed by atoms with van der Waals surface area (Å²) in [4.78, 5) is 7.83. The fourth-order valence-electron chi connectivity index (χ4n) is 3.74. The maximum Gasteiger partial charge on any atom is 0.140 e. The zero-order valence-electron chi connectivity index (χ0n) is 15.6. The molecule has 27 heavy (non-hydrogen) atoms. The third-order valence-corrected chi connectivity index (χ3v) is 5.30. The second-order valence-electron chi connectivity index (χ2n) is 7.07. The first kappa shape index (κ1) is 18.0. The number of anilines is 1. The number of pyridine rings is 1. The van der Waals surface area contributed by atoms with Gasteiger partial charge in [0.1, 0.15) is 11.5 Å². The molecule has 1 aromatic carbocycles. The van der Waals surface area contributed by atoms with Gasteiger partial charge >= 0.3 is 0 Å². The van der Waals surface area contributed by atoms with Crippen LogP contribution in [0.2, 0.25) is 0 Å². The van der Waals surface area contributed by atoms with Crippen molar-refractivity contribution in [3.05, 3.63) is 48.2 Å². The van der Waals surface area contributed by atoms with Crippen molar-refractivity contribution < 1.29 is 9.84 Å². The van der Waals surface area contributed by atoms with Crippen LogP contribution in [0.4, 0.5) is 5.82 Å². The van der Waals surface area contributed by atoms with E-state index in [9.17, 15) is 5.11 Å². The second kappa shape index (κ2) is 7.68. The van der Waals surface area contributed by atoms with Crippen LogP contribution in [0.5, 0.6) is 0 Å². The molecule has 0 atom stereocenters. The molecule has 142 valence electrons. The van der Waals surface area contributed by atoms with Crippen LogP contribution in [-0.2, 0) is 10.3 Å². The molecule has 0 unspecified atom stereocenters. The minimum Gasteiger partial charge on any atom is -0.385 e. The van der Waals surface area contributed by atoms with E-state index in [-0.39, 0.29) is 0 Å². The van der Waals surface area contributed by atoms with Crippen molar-refractivity contribution in [1.82, 2.24) is 15.3 Å². The normalized spacial score (nSPS) is 16.5. The van der Waals surface area contributed by atoms with Crippen LogP contribution in [-0.4, -0.2) is 48.4 Å². The summed E-state index contributed by atoms with van der Waals surface area (Å²) in [6, 6.07) is 12.4.